The van der Waals surface area contributed by atoms with Gasteiger partial charge in [0.25, 0.3) is 0 Å². The molecule has 3 nitrogen and oxygen atoms in total. The van der Waals surface area contributed by atoms with E-state index in [1.54, 1.807) is 11.3 Å². The van der Waals surface area contributed by atoms with Gasteiger partial charge in [-0.05, 0) is 47.6 Å². The van der Waals surface area contributed by atoms with E-state index >= 15 is 0 Å². The maximum atomic E-state index is 6.26. The molecule has 1 saturated heterocycles. The maximum Gasteiger partial charge on any atom is 0.0897 e. The minimum Gasteiger partial charge on any atom is -0.369 e. The van der Waals surface area contributed by atoms with Crippen LogP contribution in [0.15, 0.2) is 5.38 Å². The summed E-state index contributed by atoms with van der Waals surface area (Å²) in [4.78, 5) is 4.63. The van der Waals surface area contributed by atoms with Crippen LogP contribution in [-0.4, -0.2) is 28.8 Å². The van der Waals surface area contributed by atoms with Gasteiger partial charge in [0.2, 0.25) is 0 Å². The monoisotopic (exact) mass is 296 g/mol. The lowest BCUT2D eigenvalue weighted by atomic mass is 9.80. The first-order valence-corrected chi connectivity index (χ1v) is 8.46. The van der Waals surface area contributed by atoms with Crippen molar-refractivity contribution >= 4 is 11.3 Å². The Hall–Kier alpha value is -0.450. The van der Waals surface area contributed by atoms with E-state index in [0.29, 0.717) is 12.0 Å². The van der Waals surface area contributed by atoms with Crippen molar-refractivity contribution in [3.8, 4) is 0 Å². The summed E-state index contributed by atoms with van der Waals surface area (Å²) in [5, 5.41) is 7.00. The number of ether oxygens (including phenoxy) is 1. The first-order chi connectivity index (χ1) is 9.23. The molecule has 4 heteroatoms. The minimum absolute atomic E-state index is 0.0279. The van der Waals surface area contributed by atoms with Crippen LogP contribution >= 0.6 is 11.3 Å². The quantitative estimate of drug-likeness (QED) is 0.902. The van der Waals surface area contributed by atoms with Crippen LogP contribution in [-0.2, 0) is 11.2 Å². The molecule has 0 radical (unpaired) electrons. The van der Waals surface area contributed by atoms with E-state index in [1.165, 1.54) is 5.69 Å². The van der Waals surface area contributed by atoms with Gasteiger partial charge in [0.15, 0.2) is 0 Å². The van der Waals surface area contributed by atoms with E-state index in [0.717, 1.165) is 24.4 Å². The highest BCUT2D eigenvalue weighted by molar-refractivity contribution is 7.09. The van der Waals surface area contributed by atoms with Crippen molar-refractivity contribution in [1.82, 2.24) is 10.3 Å². The summed E-state index contributed by atoms with van der Waals surface area (Å²) in [5.74, 6) is 0.513. The molecule has 114 valence electrons. The SMILES string of the molecule is CCNC(Cc1csc(C)n1)C1CC(C)(C)OC1(C)C. The standard InChI is InChI=1S/C16H28N2OS/c1-7-17-14(8-12-10-20-11(2)18-12)13-9-15(3,4)19-16(13,5)6/h10,13-14,17H,7-9H2,1-6H3. The average Bonchev–Trinajstić information content (AvgIpc) is 2.78. The molecule has 0 amide bonds. The first kappa shape index (κ1) is 15.9. The molecule has 1 fully saturated rings. The number of aromatic nitrogens is 1. The summed E-state index contributed by atoms with van der Waals surface area (Å²) in [6.07, 6.45) is 2.09. The molecule has 0 aromatic carbocycles. The second kappa shape index (κ2) is 5.74. The smallest absolute Gasteiger partial charge is 0.0897 e. The normalized spacial score (nSPS) is 25.8. The molecule has 2 unspecified atom stereocenters. The van der Waals surface area contributed by atoms with Gasteiger partial charge in [0, 0.05) is 23.8 Å². The Morgan fingerprint density at radius 3 is 2.60 bits per heavy atom. The number of hydrogen-bond acceptors (Lipinski definition) is 4. The van der Waals surface area contributed by atoms with Crippen LogP contribution in [0.2, 0.25) is 0 Å². The van der Waals surface area contributed by atoms with Crippen LogP contribution in [0.5, 0.6) is 0 Å². The summed E-state index contributed by atoms with van der Waals surface area (Å²) in [5.41, 5.74) is 1.10. The second-order valence-corrected chi connectivity index (χ2v) is 8.06. The number of nitrogens with one attached hydrogen (secondary N) is 1. The fourth-order valence-corrected chi connectivity index (χ4v) is 4.20. The Kier molecular flexibility index (Phi) is 4.57. The number of thiazole rings is 1. The molecular weight excluding hydrogens is 268 g/mol. The summed E-state index contributed by atoms with van der Waals surface area (Å²) in [6.45, 7) is 14.1. The molecule has 0 bridgehead atoms. The van der Waals surface area contributed by atoms with Crippen LogP contribution in [0.4, 0.5) is 0 Å². The van der Waals surface area contributed by atoms with Gasteiger partial charge < -0.3 is 10.1 Å². The molecule has 2 atom stereocenters. The van der Waals surface area contributed by atoms with Gasteiger partial charge in [-0.15, -0.1) is 11.3 Å². The van der Waals surface area contributed by atoms with Crippen LogP contribution in [0, 0.1) is 12.8 Å². The van der Waals surface area contributed by atoms with Gasteiger partial charge in [-0.2, -0.15) is 0 Å². The lowest BCUT2D eigenvalue weighted by molar-refractivity contribution is -0.0776. The van der Waals surface area contributed by atoms with E-state index < -0.39 is 0 Å². The molecule has 0 spiro atoms. The molecule has 0 saturated carbocycles. The number of hydrogen-bond donors (Lipinski definition) is 1. The van der Waals surface area contributed by atoms with Crippen molar-refractivity contribution in [1.29, 1.82) is 0 Å². The van der Waals surface area contributed by atoms with Crippen molar-refractivity contribution in [2.45, 2.75) is 71.6 Å². The predicted octanol–water partition coefficient (Wildman–Crippen LogP) is 3.57. The fourth-order valence-electron chi connectivity index (χ4n) is 3.58. The summed E-state index contributed by atoms with van der Waals surface area (Å²) in [6, 6.07) is 0.429. The molecule has 1 aromatic heterocycles. The van der Waals surface area contributed by atoms with Crippen LogP contribution < -0.4 is 5.32 Å². The van der Waals surface area contributed by atoms with E-state index in [-0.39, 0.29) is 11.2 Å². The lowest BCUT2D eigenvalue weighted by Crippen LogP contribution is -2.45. The highest BCUT2D eigenvalue weighted by Crippen LogP contribution is 2.44. The molecular formula is C16H28N2OS. The number of likely N-dealkylation sites (N-methyl/N-ethyl adjacent to an activating group) is 1. The predicted molar refractivity (Wildman–Crippen MR) is 85.4 cm³/mol. The molecule has 1 aromatic rings. The Balaban J connectivity index is 2.15. The van der Waals surface area contributed by atoms with Gasteiger partial charge in [0.05, 0.1) is 21.9 Å². The summed E-state index contributed by atoms with van der Waals surface area (Å²) >= 11 is 1.74. The molecule has 1 N–H and O–H groups in total. The highest BCUT2D eigenvalue weighted by Gasteiger charge is 2.48. The van der Waals surface area contributed by atoms with Crippen LogP contribution in [0.3, 0.4) is 0 Å². The topological polar surface area (TPSA) is 34.2 Å². The maximum absolute atomic E-state index is 6.26. The Morgan fingerprint density at radius 2 is 2.15 bits per heavy atom. The zero-order chi connectivity index (χ0) is 15.0. The van der Waals surface area contributed by atoms with E-state index in [2.05, 4.69) is 57.2 Å². The van der Waals surface area contributed by atoms with Crippen molar-refractivity contribution < 1.29 is 4.74 Å². The van der Waals surface area contributed by atoms with Gasteiger partial charge in [0.1, 0.15) is 0 Å². The van der Waals surface area contributed by atoms with E-state index in [4.69, 9.17) is 4.74 Å². The zero-order valence-electron chi connectivity index (χ0n) is 13.6. The minimum atomic E-state index is -0.0819. The fraction of sp³-hybridized carbons (Fsp3) is 0.812. The van der Waals surface area contributed by atoms with Crippen molar-refractivity contribution in [3.63, 3.8) is 0 Å². The van der Waals surface area contributed by atoms with E-state index in [1.807, 2.05) is 0 Å². The molecule has 2 heterocycles. The van der Waals surface area contributed by atoms with Gasteiger partial charge >= 0.3 is 0 Å². The van der Waals surface area contributed by atoms with Gasteiger partial charge in [-0.1, -0.05) is 6.92 Å². The lowest BCUT2D eigenvalue weighted by Gasteiger charge is -2.33. The second-order valence-electron chi connectivity index (χ2n) is 7.00. The third-order valence-electron chi connectivity index (χ3n) is 4.19. The Labute approximate surface area is 127 Å². The Morgan fingerprint density at radius 1 is 1.45 bits per heavy atom. The number of rotatable bonds is 5. The first-order valence-electron chi connectivity index (χ1n) is 7.58. The van der Waals surface area contributed by atoms with Gasteiger partial charge in [-0.25, -0.2) is 4.98 Å². The number of aryl methyl sites for hydroxylation is 1. The third-order valence-corrected chi connectivity index (χ3v) is 5.01. The summed E-state index contributed by atoms with van der Waals surface area (Å²) < 4.78 is 6.26. The van der Waals surface area contributed by atoms with Crippen LogP contribution in [0.1, 0.15) is 51.7 Å². The highest BCUT2D eigenvalue weighted by atomic mass is 32.1. The molecule has 0 aliphatic carbocycles. The van der Waals surface area contributed by atoms with E-state index in [9.17, 15) is 0 Å². The number of nitrogens with zero attached hydrogens (tertiary/aromatic N) is 1. The van der Waals surface area contributed by atoms with Crippen LogP contribution in [0.25, 0.3) is 0 Å². The van der Waals surface area contributed by atoms with Crippen molar-refractivity contribution in [2.75, 3.05) is 6.54 Å². The van der Waals surface area contributed by atoms with Gasteiger partial charge in [-0.3, -0.25) is 0 Å². The van der Waals surface area contributed by atoms with Crippen molar-refractivity contribution in [2.24, 2.45) is 5.92 Å². The third kappa shape index (κ3) is 3.60. The Bertz CT molecular complexity index is 453. The summed E-state index contributed by atoms with van der Waals surface area (Å²) in [7, 11) is 0. The molecule has 2 rings (SSSR count). The zero-order valence-corrected chi connectivity index (χ0v) is 14.4. The molecule has 1 aliphatic heterocycles. The van der Waals surface area contributed by atoms with Crippen molar-refractivity contribution in [3.05, 3.63) is 16.1 Å². The average molecular weight is 296 g/mol. The largest absolute Gasteiger partial charge is 0.369 e. The molecule has 1 aliphatic rings. The molecule has 20 heavy (non-hydrogen) atoms.